The zero-order chi connectivity index (χ0) is 23.1. The van der Waals surface area contributed by atoms with Gasteiger partial charge in [-0.2, -0.15) is 4.31 Å². The third-order valence-corrected chi connectivity index (χ3v) is 7.07. The molecule has 0 bridgehead atoms. The first kappa shape index (κ1) is 23.7. The van der Waals surface area contributed by atoms with E-state index >= 15 is 0 Å². The molecular weight excluding hydrogens is 434 g/mol. The van der Waals surface area contributed by atoms with Crippen LogP contribution in [0, 0.1) is 6.92 Å². The maximum Gasteiger partial charge on any atom is 0.309 e. The lowest BCUT2D eigenvalue weighted by Gasteiger charge is -2.34. The lowest BCUT2D eigenvalue weighted by Crippen LogP contribution is -2.53. The fraction of sp³-hybridized carbons (Fsp3) is 0.364. The lowest BCUT2D eigenvalue weighted by molar-refractivity contribution is -0.140. The van der Waals surface area contributed by atoms with Gasteiger partial charge >= 0.3 is 11.8 Å². The molecule has 1 fully saturated rings. The summed E-state index contributed by atoms with van der Waals surface area (Å²) >= 11 is 0. The van der Waals surface area contributed by atoms with Crippen molar-refractivity contribution < 1.29 is 27.5 Å². The third-order valence-electron chi connectivity index (χ3n) is 5.16. The van der Waals surface area contributed by atoms with E-state index in [1.165, 1.54) is 23.5 Å². The Bertz CT molecular complexity index is 1060. The zero-order valence-corrected chi connectivity index (χ0v) is 18.9. The predicted octanol–water partition coefficient (Wildman–Crippen LogP) is 1.17. The summed E-state index contributed by atoms with van der Waals surface area (Å²) in [5.41, 5.74) is 1.91. The van der Waals surface area contributed by atoms with Gasteiger partial charge in [0.25, 0.3) is 0 Å². The van der Waals surface area contributed by atoms with Gasteiger partial charge in [0.1, 0.15) is 12.0 Å². The minimum absolute atomic E-state index is 0.0936. The Morgan fingerprint density at radius 1 is 1.09 bits per heavy atom. The van der Waals surface area contributed by atoms with E-state index in [-0.39, 0.29) is 24.5 Å². The monoisotopic (exact) mass is 461 g/mol. The van der Waals surface area contributed by atoms with Crippen molar-refractivity contribution in [1.29, 1.82) is 0 Å². The molecule has 0 aliphatic carbocycles. The average molecular weight is 462 g/mol. The molecule has 2 amide bonds. The van der Waals surface area contributed by atoms with Crippen LogP contribution in [0.5, 0.6) is 5.75 Å². The largest absolute Gasteiger partial charge is 0.497 e. The van der Waals surface area contributed by atoms with E-state index < -0.39 is 28.1 Å². The maximum atomic E-state index is 13.1. The van der Waals surface area contributed by atoms with E-state index in [2.05, 4.69) is 10.6 Å². The second kappa shape index (κ2) is 10.6. The van der Waals surface area contributed by atoms with Crippen molar-refractivity contribution in [2.75, 3.05) is 26.8 Å². The smallest absolute Gasteiger partial charge is 0.309 e. The normalized spacial score (nSPS) is 16.9. The molecule has 2 aromatic carbocycles. The van der Waals surface area contributed by atoms with E-state index in [1.807, 2.05) is 31.2 Å². The van der Waals surface area contributed by atoms with Crippen molar-refractivity contribution in [3.63, 3.8) is 0 Å². The number of carbonyl (C=O) groups excluding carboxylic acids is 2. The molecule has 1 saturated heterocycles. The van der Waals surface area contributed by atoms with Gasteiger partial charge in [0.15, 0.2) is 0 Å². The topological polar surface area (TPSA) is 114 Å². The number of hydrogen-bond acceptors (Lipinski definition) is 6. The van der Waals surface area contributed by atoms with Crippen LogP contribution in [0.15, 0.2) is 53.4 Å². The van der Waals surface area contributed by atoms with E-state index in [4.69, 9.17) is 9.47 Å². The van der Waals surface area contributed by atoms with Crippen molar-refractivity contribution in [2.24, 2.45) is 0 Å². The first-order chi connectivity index (χ1) is 15.3. The molecule has 1 aliphatic heterocycles. The summed E-state index contributed by atoms with van der Waals surface area (Å²) in [5, 5.41) is 5.04. The molecule has 1 atom stereocenters. The highest BCUT2D eigenvalue weighted by Gasteiger charge is 2.35. The van der Waals surface area contributed by atoms with Crippen LogP contribution in [0.3, 0.4) is 0 Å². The molecule has 3 rings (SSSR count). The molecule has 32 heavy (non-hydrogen) atoms. The fourth-order valence-electron chi connectivity index (χ4n) is 3.31. The van der Waals surface area contributed by atoms with E-state index in [9.17, 15) is 18.0 Å². The van der Waals surface area contributed by atoms with Crippen molar-refractivity contribution in [1.82, 2.24) is 14.9 Å². The van der Waals surface area contributed by atoms with Gasteiger partial charge in [0.05, 0.1) is 25.2 Å². The van der Waals surface area contributed by atoms with Crippen molar-refractivity contribution in [2.45, 2.75) is 31.0 Å². The molecule has 1 unspecified atom stereocenters. The predicted molar refractivity (Wildman–Crippen MR) is 117 cm³/mol. The molecule has 2 aromatic rings. The molecule has 0 radical (unpaired) electrons. The van der Waals surface area contributed by atoms with Crippen molar-refractivity contribution in [3.05, 3.63) is 59.7 Å². The fourth-order valence-corrected chi connectivity index (χ4v) is 4.88. The van der Waals surface area contributed by atoms with Crippen LogP contribution in [0.1, 0.15) is 17.5 Å². The number of sulfonamides is 1. The minimum atomic E-state index is -3.85. The molecule has 172 valence electrons. The molecule has 1 aliphatic rings. The van der Waals surface area contributed by atoms with Gasteiger partial charge < -0.3 is 20.1 Å². The first-order valence-corrected chi connectivity index (χ1v) is 11.6. The summed E-state index contributed by atoms with van der Waals surface area (Å²) in [6.45, 7) is 2.59. The molecular formula is C22H27N3O6S. The molecule has 0 saturated carbocycles. The number of amides is 2. The molecule has 0 spiro atoms. The van der Waals surface area contributed by atoms with Gasteiger partial charge in [-0.1, -0.05) is 24.3 Å². The van der Waals surface area contributed by atoms with Crippen LogP contribution in [-0.4, -0.2) is 57.6 Å². The van der Waals surface area contributed by atoms with Gasteiger partial charge in [0.2, 0.25) is 10.0 Å². The molecule has 1 heterocycles. The summed E-state index contributed by atoms with van der Waals surface area (Å²) < 4.78 is 38.0. The second-order valence-electron chi connectivity index (χ2n) is 7.29. The number of carbonyl (C=O) groups is 2. The van der Waals surface area contributed by atoms with Gasteiger partial charge in [0, 0.05) is 13.1 Å². The summed E-state index contributed by atoms with van der Waals surface area (Å²) in [6, 6.07) is 13.6. The summed E-state index contributed by atoms with van der Waals surface area (Å²) in [4.78, 5) is 24.5. The number of nitrogens with one attached hydrogen (secondary N) is 2. The van der Waals surface area contributed by atoms with Crippen molar-refractivity contribution in [3.8, 4) is 5.75 Å². The molecule has 0 aromatic heterocycles. The van der Waals surface area contributed by atoms with Crippen molar-refractivity contribution >= 4 is 21.8 Å². The summed E-state index contributed by atoms with van der Waals surface area (Å²) in [6.07, 6.45) is -0.388. The highest BCUT2D eigenvalue weighted by Crippen LogP contribution is 2.23. The summed E-state index contributed by atoms with van der Waals surface area (Å²) in [7, 11) is -2.36. The standard InChI is InChI=1S/C22H27N3O6S/c1-16-6-3-4-7-17(16)14-23-21(26)22(27)24-15-20-25(12-5-13-31-20)32(28,29)19-10-8-18(30-2)9-11-19/h3-4,6-11,20H,5,12-15H2,1-2H3,(H,23,26)(H,24,27). The number of ether oxygens (including phenoxy) is 2. The Labute approximate surface area is 187 Å². The number of nitrogens with zero attached hydrogens (tertiary/aromatic N) is 1. The highest BCUT2D eigenvalue weighted by atomic mass is 32.2. The number of benzene rings is 2. The Kier molecular flexibility index (Phi) is 7.84. The third kappa shape index (κ3) is 5.64. The Balaban J connectivity index is 1.60. The van der Waals surface area contributed by atoms with Crippen LogP contribution in [0.2, 0.25) is 0 Å². The molecule has 9 nitrogen and oxygen atoms in total. The number of methoxy groups -OCH3 is 1. The first-order valence-electron chi connectivity index (χ1n) is 10.2. The van der Waals surface area contributed by atoms with E-state index in [1.54, 1.807) is 12.1 Å². The zero-order valence-electron chi connectivity index (χ0n) is 18.0. The van der Waals surface area contributed by atoms with E-state index in [0.29, 0.717) is 18.8 Å². The molecule has 10 heteroatoms. The van der Waals surface area contributed by atoms with Gasteiger partial charge in [-0.05, 0) is 48.7 Å². The van der Waals surface area contributed by atoms with Gasteiger partial charge in [-0.15, -0.1) is 0 Å². The van der Waals surface area contributed by atoms with Crippen LogP contribution >= 0.6 is 0 Å². The number of rotatable bonds is 7. The maximum absolute atomic E-state index is 13.1. The second-order valence-corrected chi connectivity index (χ2v) is 9.18. The van der Waals surface area contributed by atoms with Gasteiger partial charge in [-0.25, -0.2) is 8.42 Å². The number of aryl methyl sites for hydroxylation is 1. The minimum Gasteiger partial charge on any atom is -0.497 e. The van der Waals surface area contributed by atoms with E-state index in [0.717, 1.165) is 11.1 Å². The SMILES string of the molecule is COc1ccc(S(=O)(=O)N2CCCOC2CNC(=O)C(=O)NCc2ccccc2C)cc1. The van der Waals surface area contributed by atoms with Crippen LogP contribution in [-0.2, 0) is 30.9 Å². The van der Waals surface area contributed by atoms with Gasteiger partial charge in [-0.3, -0.25) is 9.59 Å². The lowest BCUT2D eigenvalue weighted by atomic mass is 10.1. The van der Waals surface area contributed by atoms with Crippen LogP contribution in [0.25, 0.3) is 0 Å². The molecule has 2 N–H and O–H groups in total. The van der Waals surface area contributed by atoms with Crippen LogP contribution in [0.4, 0.5) is 0 Å². The Hall–Kier alpha value is -2.95. The average Bonchev–Trinajstić information content (AvgIpc) is 2.82. The Morgan fingerprint density at radius 2 is 1.78 bits per heavy atom. The Morgan fingerprint density at radius 3 is 2.47 bits per heavy atom. The number of hydrogen-bond donors (Lipinski definition) is 2. The van der Waals surface area contributed by atoms with Crippen LogP contribution < -0.4 is 15.4 Å². The highest BCUT2D eigenvalue weighted by molar-refractivity contribution is 7.89. The summed E-state index contributed by atoms with van der Waals surface area (Å²) in [5.74, 6) is -1.11. The quantitative estimate of drug-likeness (QED) is 0.599.